The third-order valence-electron chi connectivity index (χ3n) is 1.82. The summed E-state index contributed by atoms with van der Waals surface area (Å²) in [5.74, 6) is 0. The van der Waals surface area contributed by atoms with Crippen molar-refractivity contribution in [3.05, 3.63) is 33.3 Å². The Morgan fingerprint density at radius 3 is 2.50 bits per heavy atom. The van der Waals surface area contributed by atoms with E-state index in [1.165, 1.54) is 5.56 Å². The second-order valence-corrected chi connectivity index (χ2v) is 5.63. The smallest absolute Gasteiger partial charge is 0.0417 e. The van der Waals surface area contributed by atoms with Crippen LogP contribution >= 0.6 is 27.5 Å². The second kappa shape index (κ2) is 4.65. The van der Waals surface area contributed by atoms with E-state index in [1.807, 2.05) is 18.2 Å². The number of halogens is 2. The van der Waals surface area contributed by atoms with Crippen LogP contribution in [0.25, 0.3) is 0 Å². The van der Waals surface area contributed by atoms with E-state index in [0.717, 1.165) is 16.0 Å². The molecule has 78 valence electrons. The number of hydrogen-bond acceptors (Lipinski definition) is 1. The molecule has 0 aliphatic heterocycles. The molecule has 0 radical (unpaired) electrons. The van der Waals surface area contributed by atoms with Gasteiger partial charge < -0.3 is 5.32 Å². The summed E-state index contributed by atoms with van der Waals surface area (Å²) in [6.07, 6.45) is 0. The normalized spacial score (nSPS) is 11.8. The summed E-state index contributed by atoms with van der Waals surface area (Å²) in [5, 5.41) is 4.19. The largest absolute Gasteiger partial charge is 0.308 e. The van der Waals surface area contributed by atoms with Gasteiger partial charge in [0, 0.05) is 21.6 Å². The Labute approximate surface area is 99.0 Å². The van der Waals surface area contributed by atoms with E-state index in [4.69, 9.17) is 11.6 Å². The summed E-state index contributed by atoms with van der Waals surface area (Å²) < 4.78 is 1.06. The Morgan fingerprint density at radius 1 is 1.36 bits per heavy atom. The topological polar surface area (TPSA) is 12.0 Å². The van der Waals surface area contributed by atoms with Gasteiger partial charge in [-0.1, -0.05) is 33.6 Å². The molecule has 0 aliphatic carbocycles. The Bertz CT molecular complexity index is 318. The van der Waals surface area contributed by atoms with Crippen molar-refractivity contribution < 1.29 is 0 Å². The lowest BCUT2D eigenvalue weighted by atomic mass is 10.1. The molecule has 0 heterocycles. The SMILES string of the molecule is CC(C)(C)NCc1ccc(Cl)cc1Br. The summed E-state index contributed by atoms with van der Waals surface area (Å²) >= 11 is 9.35. The average molecular weight is 277 g/mol. The second-order valence-electron chi connectivity index (χ2n) is 4.34. The van der Waals surface area contributed by atoms with Crippen molar-refractivity contribution in [3.8, 4) is 0 Å². The minimum absolute atomic E-state index is 0.138. The third-order valence-corrected chi connectivity index (χ3v) is 2.80. The number of benzene rings is 1. The van der Waals surface area contributed by atoms with E-state index >= 15 is 0 Å². The molecule has 1 N–H and O–H groups in total. The molecule has 1 nitrogen and oxygen atoms in total. The van der Waals surface area contributed by atoms with Crippen LogP contribution < -0.4 is 5.32 Å². The molecule has 1 aromatic carbocycles. The van der Waals surface area contributed by atoms with Gasteiger partial charge in [0.15, 0.2) is 0 Å². The predicted octanol–water partition coefficient (Wildman–Crippen LogP) is 3.99. The van der Waals surface area contributed by atoms with E-state index in [2.05, 4.69) is 42.0 Å². The highest BCUT2D eigenvalue weighted by atomic mass is 79.9. The Balaban J connectivity index is 2.68. The van der Waals surface area contributed by atoms with E-state index in [-0.39, 0.29) is 5.54 Å². The Kier molecular flexibility index (Phi) is 3.99. The van der Waals surface area contributed by atoms with Gasteiger partial charge in [0.1, 0.15) is 0 Å². The highest BCUT2D eigenvalue weighted by Crippen LogP contribution is 2.21. The molecule has 0 amide bonds. The summed E-state index contributed by atoms with van der Waals surface area (Å²) in [5.41, 5.74) is 1.36. The van der Waals surface area contributed by atoms with Crippen LogP contribution in [0.3, 0.4) is 0 Å². The highest BCUT2D eigenvalue weighted by Gasteiger charge is 2.09. The van der Waals surface area contributed by atoms with Crippen LogP contribution in [0.4, 0.5) is 0 Å². The first-order chi connectivity index (χ1) is 6.38. The molecule has 0 spiro atoms. The van der Waals surface area contributed by atoms with Crippen molar-refractivity contribution >= 4 is 27.5 Å². The molecule has 0 bridgehead atoms. The quantitative estimate of drug-likeness (QED) is 0.861. The van der Waals surface area contributed by atoms with Gasteiger partial charge in [-0.15, -0.1) is 0 Å². The van der Waals surface area contributed by atoms with Crippen molar-refractivity contribution in [2.75, 3.05) is 0 Å². The lowest BCUT2D eigenvalue weighted by molar-refractivity contribution is 0.424. The maximum atomic E-state index is 5.86. The average Bonchev–Trinajstić information content (AvgIpc) is 2.00. The van der Waals surface area contributed by atoms with Crippen molar-refractivity contribution in [1.29, 1.82) is 0 Å². The summed E-state index contributed by atoms with van der Waals surface area (Å²) in [7, 11) is 0. The van der Waals surface area contributed by atoms with Crippen LogP contribution in [0.15, 0.2) is 22.7 Å². The van der Waals surface area contributed by atoms with E-state index in [0.29, 0.717) is 0 Å². The Morgan fingerprint density at radius 2 is 2.00 bits per heavy atom. The fraction of sp³-hybridized carbons (Fsp3) is 0.455. The van der Waals surface area contributed by atoms with Crippen molar-refractivity contribution in [1.82, 2.24) is 5.32 Å². The molecule has 3 heteroatoms. The van der Waals surface area contributed by atoms with Gasteiger partial charge in [-0.2, -0.15) is 0 Å². The van der Waals surface area contributed by atoms with Crippen molar-refractivity contribution in [3.63, 3.8) is 0 Å². The standard InChI is InChI=1S/C11H15BrClN/c1-11(2,3)14-7-8-4-5-9(13)6-10(8)12/h4-6,14H,7H2,1-3H3. The minimum Gasteiger partial charge on any atom is -0.308 e. The maximum absolute atomic E-state index is 5.86. The molecule has 0 saturated carbocycles. The first-order valence-electron chi connectivity index (χ1n) is 4.57. The van der Waals surface area contributed by atoms with Crippen LogP contribution in [-0.4, -0.2) is 5.54 Å². The summed E-state index contributed by atoms with van der Waals surface area (Å²) in [4.78, 5) is 0. The van der Waals surface area contributed by atoms with Crippen LogP contribution in [0, 0.1) is 0 Å². The molecule has 0 atom stereocenters. The zero-order chi connectivity index (χ0) is 10.8. The molecule has 0 aliphatic rings. The van der Waals surface area contributed by atoms with Crippen LogP contribution in [0.5, 0.6) is 0 Å². The minimum atomic E-state index is 0.138. The summed E-state index contributed by atoms with van der Waals surface area (Å²) in [6, 6.07) is 5.86. The van der Waals surface area contributed by atoms with Gasteiger partial charge in [0.25, 0.3) is 0 Å². The van der Waals surface area contributed by atoms with Gasteiger partial charge in [-0.05, 0) is 38.5 Å². The third kappa shape index (κ3) is 3.99. The van der Waals surface area contributed by atoms with Crippen LogP contribution in [0.2, 0.25) is 5.02 Å². The first-order valence-corrected chi connectivity index (χ1v) is 5.74. The van der Waals surface area contributed by atoms with E-state index in [1.54, 1.807) is 0 Å². The highest BCUT2D eigenvalue weighted by molar-refractivity contribution is 9.10. The number of rotatable bonds is 2. The molecular formula is C11H15BrClN. The van der Waals surface area contributed by atoms with Gasteiger partial charge in [0.2, 0.25) is 0 Å². The van der Waals surface area contributed by atoms with Gasteiger partial charge in [-0.25, -0.2) is 0 Å². The van der Waals surface area contributed by atoms with Crippen molar-refractivity contribution in [2.45, 2.75) is 32.9 Å². The lowest BCUT2D eigenvalue weighted by Crippen LogP contribution is -2.35. The maximum Gasteiger partial charge on any atom is 0.0417 e. The molecule has 1 aromatic rings. The van der Waals surface area contributed by atoms with E-state index in [9.17, 15) is 0 Å². The van der Waals surface area contributed by atoms with Crippen LogP contribution in [0.1, 0.15) is 26.3 Å². The molecule has 0 saturated heterocycles. The molecule has 14 heavy (non-hydrogen) atoms. The van der Waals surface area contributed by atoms with E-state index < -0.39 is 0 Å². The molecular weight excluding hydrogens is 261 g/mol. The van der Waals surface area contributed by atoms with Gasteiger partial charge >= 0.3 is 0 Å². The fourth-order valence-electron chi connectivity index (χ4n) is 1.03. The van der Waals surface area contributed by atoms with Gasteiger partial charge in [-0.3, -0.25) is 0 Å². The van der Waals surface area contributed by atoms with Crippen molar-refractivity contribution in [2.24, 2.45) is 0 Å². The Hall–Kier alpha value is -0.0500. The molecule has 0 aromatic heterocycles. The zero-order valence-corrected chi connectivity index (χ0v) is 11.0. The van der Waals surface area contributed by atoms with Gasteiger partial charge in [0.05, 0.1) is 0 Å². The molecule has 0 fully saturated rings. The first kappa shape index (κ1) is 12.0. The predicted molar refractivity (Wildman–Crippen MR) is 65.7 cm³/mol. The summed E-state index contributed by atoms with van der Waals surface area (Å²) in [6.45, 7) is 7.30. The fourth-order valence-corrected chi connectivity index (χ4v) is 1.85. The number of nitrogens with one attached hydrogen (secondary N) is 1. The monoisotopic (exact) mass is 275 g/mol. The van der Waals surface area contributed by atoms with Crippen LogP contribution in [-0.2, 0) is 6.54 Å². The molecule has 1 rings (SSSR count). The zero-order valence-electron chi connectivity index (χ0n) is 8.70. The lowest BCUT2D eigenvalue weighted by Gasteiger charge is -2.21. The number of hydrogen-bond donors (Lipinski definition) is 1. The molecule has 0 unspecified atom stereocenters.